The van der Waals surface area contributed by atoms with Crippen molar-refractivity contribution < 1.29 is 18.0 Å². The maximum atomic E-state index is 12.6. The second kappa shape index (κ2) is 6.43. The zero-order chi connectivity index (χ0) is 18.0. The minimum absolute atomic E-state index is 0.332. The van der Waals surface area contributed by atoms with Crippen LogP contribution in [-0.4, -0.2) is 15.7 Å². The van der Waals surface area contributed by atoms with Crippen molar-refractivity contribution in [2.24, 2.45) is 0 Å². The highest BCUT2D eigenvalue weighted by Gasteiger charge is 2.30. The van der Waals surface area contributed by atoms with Gasteiger partial charge in [0.1, 0.15) is 0 Å². The minimum Gasteiger partial charge on any atom is -0.322 e. The fraction of sp³-hybridized carbons (Fsp3) is 0.111. The Morgan fingerprint density at radius 1 is 1.04 bits per heavy atom. The zero-order valence-corrected chi connectivity index (χ0v) is 13.2. The number of aromatic nitrogens is 2. The number of hydrogen-bond acceptors (Lipinski definition) is 2. The lowest BCUT2D eigenvalue weighted by atomic mass is 10.2. The van der Waals surface area contributed by atoms with Crippen molar-refractivity contribution in [3.05, 3.63) is 77.6 Å². The molecular weight excluding hydrogens is 331 g/mol. The van der Waals surface area contributed by atoms with Gasteiger partial charge in [-0.25, -0.2) is 4.68 Å². The normalized spacial score (nSPS) is 11.4. The first-order valence-corrected chi connectivity index (χ1v) is 7.45. The van der Waals surface area contributed by atoms with Crippen molar-refractivity contribution >= 4 is 11.6 Å². The molecule has 1 amide bonds. The maximum absolute atomic E-state index is 12.6. The third kappa shape index (κ3) is 3.55. The van der Waals surface area contributed by atoms with Crippen LogP contribution in [0.25, 0.3) is 5.69 Å². The first-order chi connectivity index (χ1) is 11.9. The summed E-state index contributed by atoms with van der Waals surface area (Å²) in [7, 11) is 0. The smallest absolute Gasteiger partial charge is 0.322 e. The Morgan fingerprint density at radius 2 is 1.68 bits per heavy atom. The van der Waals surface area contributed by atoms with Gasteiger partial charge in [-0.15, -0.1) is 0 Å². The number of amides is 1. The van der Waals surface area contributed by atoms with Gasteiger partial charge < -0.3 is 5.32 Å². The van der Waals surface area contributed by atoms with E-state index in [0.717, 1.165) is 12.1 Å². The molecule has 0 bridgehead atoms. The van der Waals surface area contributed by atoms with E-state index < -0.39 is 11.7 Å². The van der Waals surface area contributed by atoms with Crippen LogP contribution in [0.4, 0.5) is 18.9 Å². The van der Waals surface area contributed by atoms with Crippen molar-refractivity contribution in [3.8, 4) is 5.69 Å². The summed E-state index contributed by atoms with van der Waals surface area (Å²) in [6, 6.07) is 13.6. The van der Waals surface area contributed by atoms with Crippen LogP contribution in [0.3, 0.4) is 0 Å². The Balaban J connectivity index is 1.85. The predicted molar refractivity (Wildman–Crippen MR) is 87.7 cm³/mol. The molecule has 0 saturated heterocycles. The van der Waals surface area contributed by atoms with E-state index in [1.54, 1.807) is 31.2 Å². The van der Waals surface area contributed by atoms with Crippen molar-refractivity contribution in [2.45, 2.75) is 13.1 Å². The topological polar surface area (TPSA) is 46.9 Å². The standard InChI is InChI=1S/C18H14F3N3O/c1-12-16(17(25)23-14-5-3-2-4-6-14)11-22-24(12)15-9-7-13(8-10-15)18(19,20)21/h2-11H,1H3,(H,23,25). The molecule has 2 aromatic carbocycles. The molecule has 7 heteroatoms. The first-order valence-electron chi connectivity index (χ1n) is 7.45. The molecule has 0 fully saturated rings. The van der Waals surface area contributed by atoms with Gasteiger partial charge in [-0.05, 0) is 43.3 Å². The highest BCUT2D eigenvalue weighted by molar-refractivity contribution is 6.04. The lowest BCUT2D eigenvalue weighted by molar-refractivity contribution is -0.137. The van der Waals surface area contributed by atoms with Crippen molar-refractivity contribution in [1.29, 1.82) is 0 Å². The van der Waals surface area contributed by atoms with E-state index in [-0.39, 0.29) is 5.91 Å². The Labute approximate surface area is 141 Å². The van der Waals surface area contributed by atoms with Crippen LogP contribution in [-0.2, 0) is 6.18 Å². The molecule has 0 saturated carbocycles. The lowest BCUT2D eigenvalue weighted by Gasteiger charge is -2.09. The molecule has 1 aromatic heterocycles. The molecule has 0 aliphatic heterocycles. The van der Waals surface area contributed by atoms with Gasteiger partial charge in [0.25, 0.3) is 5.91 Å². The number of nitrogens with zero attached hydrogens (tertiary/aromatic N) is 2. The predicted octanol–water partition coefficient (Wildman–Crippen LogP) is 4.45. The fourth-order valence-electron chi connectivity index (χ4n) is 2.40. The van der Waals surface area contributed by atoms with Crippen LogP contribution < -0.4 is 5.32 Å². The zero-order valence-electron chi connectivity index (χ0n) is 13.2. The summed E-state index contributed by atoms with van der Waals surface area (Å²) < 4.78 is 39.4. The first kappa shape index (κ1) is 16.8. The molecule has 0 aliphatic rings. The van der Waals surface area contributed by atoms with Crippen LogP contribution in [0.5, 0.6) is 0 Å². The Morgan fingerprint density at radius 3 is 2.28 bits per heavy atom. The number of nitrogens with one attached hydrogen (secondary N) is 1. The summed E-state index contributed by atoms with van der Waals surface area (Å²) in [5.41, 5.74) is 1.25. The van der Waals surface area contributed by atoms with E-state index in [2.05, 4.69) is 10.4 Å². The number of hydrogen-bond donors (Lipinski definition) is 1. The molecule has 0 spiro atoms. The highest BCUT2D eigenvalue weighted by Crippen LogP contribution is 2.29. The monoisotopic (exact) mass is 345 g/mol. The number of carbonyl (C=O) groups is 1. The van der Waals surface area contributed by atoms with Gasteiger partial charge >= 0.3 is 6.18 Å². The van der Waals surface area contributed by atoms with Crippen molar-refractivity contribution in [3.63, 3.8) is 0 Å². The third-order valence-corrected chi connectivity index (χ3v) is 3.73. The average Bonchev–Trinajstić information content (AvgIpc) is 2.97. The van der Waals surface area contributed by atoms with E-state index in [1.807, 2.05) is 6.07 Å². The van der Waals surface area contributed by atoms with Gasteiger partial charge in [-0.3, -0.25) is 4.79 Å². The quantitative estimate of drug-likeness (QED) is 0.762. The molecule has 0 radical (unpaired) electrons. The second-order valence-electron chi connectivity index (χ2n) is 5.42. The van der Waals surface area contributed by atoms with Crippen LogP contribution in [0.15, 0.2) is 60.8 Å². The van der Waals surface area contributed by atoms with Gasteiger partial charge in [-0.2, -0.15) is 18.3 Å². The number of carbonyl (C=O) groups excluding carboxylic acids is 1. The van der Waals surface area contributed by atoms with E-state index in [9.17, 15) is 18.0 Å². The molecule has 1 N–H and O–H groups in total. The van der Waals surface area contributed by atoms with Gasteiger partial charge in [-0.1, -0.05) is 18.2 Å². The maximum Gasteiger partial charge on any atom is 0.416 e. The average molecular weight is 345 g/mol. The van der Waals surface area contributed by atoms with Crippen LogP contribution in [0, 0.1) is 6.92 Å². The molecule has 3 aromatic rings. The summed E-state index contributed by atoms with van der Waals surface area (Å²) >= 11 is 0. The molecule has 128 valence electrons. The van der Waals surface area contributed by atoms with Crippen LogP contribution in [0.2, 0.25) is 0 Å². The molecule has 1 heterocycles. The van der Waals surface area contributed by atoms with Crippen molar-refractivity contribution in [2.75, 3.05) is 5.32 Å². The molecule has 0 atom stereocenters. The number of anilines is 1. The molecule has 0 unspecified atom stereocenters. The highest BCUT2D eigenvalue weighted by atomic mass is 19.4. The molecule has 4 nitrogen and oxygen atoms in total. The molecule has 25 heavy (non-hydrogen) atoms. The molecular formula is C18H14F3N3O. The number of alkyl halides is 3. The minimum atomic E-state index is -4.39. The summed E-state index contributed by atoms with van der Waals surface area (Å²) in [5.74, 6) is -0.332. The molecule has 0 aliphatic carbocycles. The van der Waals surface area contributed by atoms with Crippen LogP contribution >= 0.6 is 0 Å². The van der Waals surface area contributed by atoms with Crippen molar-refractivity contribution in [1.82, 2.24) is 9.78 Å². The Bertz CT molecular complexity index is 884. The van der Waals surface area contributed by atoms with Crippen LogP contribution in [0.1, 0.15) is 21.6 Å². The fourth-order valence-corrected chi connectivity index (χ4v) is 2.40. The molecule has 3 rings (SSSR count). The van der Waals surface area contributed by atoms with Gasteiger partial charge in [0.05, 0.1) is 28.7 Å². The van der Waals surface area contributed by atoms with E-state index in [0.29, 0.717) is 22.6 Å². The van der Waals surface area contributed by atoms with E-state index in [4.69, 9.17) is 0 Å². The number of rotatable bonds is 3. The Kier molecular flexibility index (Phi) is 4.31. The number of halogens is 3. The summed E-state index contributed by atoms with van der Waals surface area (Å²) in [6.45, 7) is 1.69. The van der Waals surface area contributed by atoms with E-state index in [1.165, 1.54) is 23.0 Å². The largest absolute Gasteiger partial charge is 0.416 e. The third-order valence-electron chi connectivity index (χ3n) is 3.73. The Hall–Kier alpha value is -3.09. The lowest BCUT2D eigenvalue weighted by Crippen LogP contribution is -2.13. The summed E-state index contributed by atoms with van der Waals surface area (Å²) in [5, 5.41) is 6.87. The SMILES string of the molecule is Cc1c(C(=O)Nc2ccccc2)cnn1-c1ccc(C(F)(F)F)cc1. The van der Waals surface area contributed by atoms with Gasteiger partial charge in [0.2, 0.25) is 0 Å². The number of para-hydroxylation sites is 1. The summed E-state index contributed by atoms with van der Waals surface area (Å²) in [4.78, 5) is 12.4. The number of benzene rings is 2. The van der Waals surface area contributed by atoms with Gasteiger partial charge in [0.15, 0.2) is 0 Å². The summed E-state index contributed by atoms with van der Waals surface area (Å²) in [6.07, 6.45) is -3.00. The van der Waals surface area contributed by atoms with E-state index >= 15 is 0 Å². The second-order valence-corrected chi connectivity index (χ2v) is 5.42. The van der Waals surface area contributed by atoms with Gasteiger partial charge in [0, 0.05) is 5.69 Å².